The first-order valence-corrected chi connectivity index (χ1v) is 10.4. The van der Waals surface area contributed by atoms with Crippen LogP contribution in [0.1, 0.15) is 22.3 Å². The molecule has 6 nitrogen and oxygen atoms in total. The van der Waals surface area contributed by atoms with Crippen molar-refractivity contribution >= 4 is 29.5 Å². The molecule has 0 radical (unpaired) electrons. The van der Waals surface area contributed by atoms with Crippen molar-refractivity contribution in [3.05, 3.63) is 71.5 Å². The maximum atomic E-state index is 12.9. The lowest BCUT2D eigenvalue weighted by Gasteiger charge is -2.17. The molecule has 0 saturated carbocycles. The second kappa shape index (κ2) is 11.9. The Hall–Kier alpha value is -2.87. The predicted molar refractivity (Wildman–Crippen MR) is 110 cm³/mol. The molecular formula is C21H23FN2O4S. The van der Waals surface area contributed by atoms with Gasteiger partial charge in [-0.3, -0.25) is 9.59 Å². The summed E-state index contributed by atoms with van der Waals surface area (Å²) < 4.78 is 18.0. The fraction of sp³-hybridized carbons (Fsp3) is 0.286. The first-order chi connectivity index (χ1) is 14.0. The standard InChI is InChI=1S/C21H23FN2O4S/c1-29-12-11-18(24-20(26)16-5-3-2-4-6-16)21(27)28-14-19(25)23-13-15-7-9-17(22)10-8-15/h2-10,18H,11-14H2,1H3,(H,23,25)(H,24,26)/t18-/m0/s1. The SMILES string of the molecule is CSCC[C@H](NC(=O)c1ccccc1)C(=O)OCC(=O)NCc1ccc(F)cc1. The highest BCUT2D eigenvalue weighted by Crippen LogP contribution is 2.06. The zero-order valence-electron chi connectivity index (χ0n) is 16.0. The number of thioether (sulfide) groups is 1. The van der Waals surface area contributed by atoms with Gasteiger partial charge in [-0.2, -0.15) is 11.8 Å². The molecule has 0 saturated heterocycles. The third kappa shape index (κ3) is 7.95. The first-order valence-electron chi connectivity index (χ1n) is 9.02. The molecule has 0 aromatic heterocycles. The Kier molecular flexibility index (Phi) is 9.17. The van der Waals surface area contributed by atoms with E-state index >= 15 is 0 Å². The molecule has 8 heteroatoms. The molecule has 0 fully saturated rings. The average molecular weight is 418 g/mol. The Bertz CT molecular complexity index is 815. The monoisotopic (exact) mass is 418 g/mol. The van der Waals surface area contributed by atoms with Crippen LogP contribution in [0.4, 0.5) is 4.39 Å². The molecule has 29 heavy (non-hydrogen) atoms. The van der Waals surface area contributed by atoms with Crippen LogP contribution in [-0.4, -0.2) is 42.4 Å². The van der Waals surface area contributed by atoms with Gasteiger partial charge in [-0.1, -0.05) is 30.3 Å². The summed E-state index contributed by atoms with van der Waals surface area (Å²) in [7, 11) is 0. The third-order valence-electron chi connectivity index (χ3n) is 3.98. The molecule has 154 valence electrons. The maximum absolute atomic E-state index is 12.9. The first kappa shape index (κ1) is 22.4. The number of esters is 1. The van der Waals surface area contributed by atoms with Gasteiger partial charge < -0.3 is 15.4 Å². The van der Waals surface area contributed by atoms with Gasteiger partial charge in [-0.15, -0.1) is 0 Å². The molecule has 0 aliphatic rings. The van der Waals surface area contributed by atoms with Gasteiger partial charge in [-0.25, -0.2) is 9.18 Å². The van der Waals surface area contributed by atoms with E-state index in [-0.39, 0.29) is 18.3 Å². The molecule has 0 spiro atoms. The largest absolute Gasteiger partial charge is 0.454 e. The van der Waals surface area contributed by atoms with Crippen LogP contribution in [0.5, 0.6) is 0 Å². The van der Waals surface area contributed by atoms with E-state index in [0.717, 1.165) is 5.56 Å². The van der Waals surface area contributed by atoms with Crippen molar-refractivity contribution in [1.82, 2.24) is 10.6 Å². The van der Waals surface area contributed by atoms with E-state index in [2.05, 4.69) is 10.6 Å². The zero-order valence-corrected chi connectivity index (χ0v) is 16.8. The number of ether oxygens (including phenoxy) is 1. The number of benzene rings is 2. The van der Waals surface area contributed by atoms with Gasteiger partial charge in [0.2, 0.25) is 0 Å². The van der Waals surface area contributed by atoms with Crippen molar-refractivity contribution < 1.29 is 23.5 Å². The third-order valence-corrected chi connectivity index (χ3v) is 4.63. The van der Waals surface area contributed by atoms with Crippen LogP contribution in [0.3, 0.4) is 0 Å². The molecule has 2 aromatic carbocycles. The number of rotatable bonds is 10. The lowest BCUT2D eigenvalue weighted by Crippen LogP contribution is -2.43. The quantitative estimate of drug-likeness (QED) is 0.580. The highest BCUT2D eigenvalue weighted by Gasteiger charge is 2.23. The van der Waals surface area contributed by atoms with Gasteiger partial charge in [-0.05, 0) is 48.3 Å². The van der Waals surface area contributed by atoms with E-state index in [0.29, 0.717) is 17.7 Å². The number of carbonyl (C=O) groups is 3. The Morgan fingerprint density at radius 2 is 1.76 bits per heavy atom. The molecule has 0 heterocycles. The molecular weight excluding hydrogens is 395 g/mol. The molecule has 2 rings (SSSR count). The summed E-state index contributed by atoms with van der Waals surface area (Å²) >= 11 is 1.54. The number of hydrogen-bond acceptors (Lipinski definition) is 5. The Morgan fingerprint density at radius 3 is 2.41 bits per heavy atom. The average Bonchev–Trinajstić information content (AvgIpc) is 2.75. The zero-order chi connectivity index (χ0) is 21.1. The van der Waals surface area contributed by atoms with Gasteiger partial charge in [0.25, 0.3) is 11.8 Å². The molecule has 0 aliphatic heterocycles. The molecule has 0 unspecified atom stereocenters. The Morgan fingerprint density at radius 1 is 1.07 bits per heavy atom. The minimum absolute atomic E-state index is 0.192. The van der Waals surface area contributed by atoms with Gasteiger partial charge in [0, 0.05) is 12.1 Å². The molecule has 1 atom stereocenters. The van der Waals surface area contributed by atoms with Gasteiger partial charge in [0.05, 0.1) is 0 Å². The van der Waals surface area contributed by atoms with Crippen molar-refractivity contribution in [1.29, 1.82) is 0 Å². The van der Waals surface area contributed by atoms with Crippen LogP contribution in [0.15, 0.2) is 54.6 Å². The second-order valence-corrected chi connectivity index (χ2v) is 7.17. The van der Waals surface area contributed by atoms with Crippen LogP contribution in [0.2, 0.25) is 0 Å². The van der Waals surface area contributed by atoms with Crippen molar-refractivity contribution in [3.8, 4) is 0 Å². The van der Waals surface area contributed by atoms with Gasteiger partial charge in [0.15, 0.2) is 6.61 Å². The van der Waals surface area contributed by atoms with E-state index in [4.69, 9.17) is 4.74 Å². The number of amides is 2. The predicted octanol–water partition coefficient (Wildman–Crippen LogP) is 2.54. The molecule has 2 aromatic rings. The van der Waals surface area contributed by atoms with Crippen LogP contribution < -0.4 is 10.6 Å². The van der Waals surface area contributed by atoms with E-state index in [1.807, 2.05) is 6.26 Å². The van der Waals surface area contributed by atoms with Crippen molar-refractivity contribution in [2.45, 2.75) is 19.0 Å². The number of nitrogens with one attached hydrogen (secondary N) is 2. The van der Waals surface area contributed by atoms with Crippen molar-refractivity contribution in [2.75, 3.05) is 18.6 Å². The summed E-state index contributed by atoms with van der Waals surface area (Å²) in [6, 6.07) is 13.4. The molecule has 2 amide bonds. The number of carbonyl (C=O) groups excluding carboxylic acids is 3. The van der Waals surface area contributed by atoms with Crippen molar-refractivity contribution in [3.63, 3.8) is 0 Å². The minimum atomic E-state index is -0.847. The number of hydrogen-bond donors (Lipinski definition) is 2. The maximum Gasteiger partial charge on any atom is 0.329 e. The molecule has 0 bridgehead atoms. The summed E-state index contributed by atoms with van der Waals surface area (Å²) in [6.45, 7) is -0.270. The highest BCUT2D eigenvalue weighted by molar-refractivity contribution is 7.98. The summed E-state index contributed by atoms with van der Waals surface area (Å²) in [6.07, 6.45) is 2.28. The lowest BCUT2D eigenvalue weighted by atomic mass is 10.1. The van der Waals surface area contributed by atoms with Crippen molar-refractivity contribution in [2.24, 2.45) is 0 Å². The van der Waals surface area contributed by atoms with Gasteiger partial charge >= 0.3 is 5.97 Å². The van der Waals surface area contributed by atoms with Crippen LogP contribution in [0.25, 0.3) is 0 Å². The minimum Gasteiger partial charge on any atom is -0.454 e. The fourth-order valence-electron chi connectivity index (χ4n) is 2.41. The second-order valence-electron chi connectivity index (χ2n) is 6.18. The lowest BCUT2D eigenvalue weighted by molar-refractivity contribution is -0.150. The van der Waals surface area contributed by atoms with Crippen LogP contribution in [-0.2, 0) is 20.9 Å². The summed E-state index contributed by atoms with van der Waals surface area (Å²) in [4.78, 5) is 36.6. The van der Waals surface area contributed by atoms with E-state index < -0.39 is 24.5 Å². The van der Waals surface area contributed by atoms with E-state index in [1.165, 1.54) is 23.9 Å². The van der Waals surface area contributed by atoms with Gasteiger partial charge in [0.1, 0.15) is 11.9 Å². The highest BCUT2D eigenvalue weighted by atomic mass is 32.2. The van der Waals surface area contributed by atoms with E-state index in [1.54, 1.807) is 42.5 Å². The summed E-state index contributed by atoms with van der Waals surface area (Å²) in [5, 5.41) is 5.25. The summed E-state index contributed by atoms with van der Waals surface area (Å²) in [5.41, 5.74) is 1.16. The van der Waals surface area contributed by atoms with Crippen LogP contribution in [0, 0.1) is 5.82 Å². The number of halogens is 1. The Balaban J connectivity index is 1.83. The molecule has 0 aliphatic carbocycles. The normalized spacial score (nSPS) is 11.4. The summed E-state index contributed by atoms with van der Waals surface area (Å²) in [5.74, 6) is -1.25. The van der Waals surface area contributed by atoms with Crippen LogP contribution >= 0.6 is 11.8 Å². The Labute approximate surface area is 173 Å². The smallest absolute Gasteiger partial charge is 0.329 e. The topological polar surface area (TPSA) is 84.5 Å². The fourth-order valence-corrected chi connectivity index (χ4v) is 2.88. The van der Waals surface area contributed by atoms with E-state index in [9.17, 15) is 18.8 Å². The molecule has 2 N–H and O–H groups in total.